The fourth-order valence-electron chi connectivity index (χ4n) is 1.62. The lowest BCUT2D eigenvalue weighted by molar-refractivity contribution is -0.123. The Morgan fingerprint density at radius 1 is 1.38 bits per heavy atom. The van der Waals surface area contributed by atoms with E-state index in [1.54, 1.807) is 18.2 Å². The Kier molecular flexibility index (Phi) is 5.83. The van der Waals surface area contributed by atoms with Crippen molar-refractivity contribution in [2.45, 2.75) is 12.8 Å². The average Bonchev–Trinajstić information content (AvgIpc) is 2.98. The Morgan fingerprint density at radius 3 is 3.00 bits per heavy atom. The van der Waals surface area contributed by atoms with Crippen LogP contribution in [0.1, 0.15) is 12.2 Å². The van der Waals surface area contributed by atoms with E-state index in [-0.39, 0.29) is 12.5 Å². The largest absolute Gasteiger partial charge is 0.482 e. The number of amides is 1. The number of benzene rings is 1. The van der Waals surface area contributed by atoms with Gasteiger partial charge in [-0.15, -0.1) is 0 Å². The normalized spacial score (nSPS) is 10.4. The number of H-pyrrole nitrogens is 1. The fraction of sp³-hybridized carbons (Fsp3) is 0.308. The second kappa shape index (κ2) is 7.85. The van der Waals surface area contributed by atoms with Crippen LogP contribution in [0.2, 0.25) is 10.0 Å². The van der Waals surface area contributed by atoms with E-state index in [0.717, 1.165) is 18.7 Å². The van der Waals surface area contributed by atoms with Gasteiger partial charge in [0.15, 0.2) is 6.61 Å². The number of carbonyl (C=O) groups excluding carboxylic acids is 1. The van der Waals surface area contributed by atoms with Gasteiger partial charge < -0.3 is 10.1 Å². The molecule has 0 saturated carbocycles. The Morgan fingerprint density at radius 2 is 2.24 bits per heavy atom. The number of carbonyl (C=O) groups is 1. The first-order valence-corrected chi connectivity index (χ1v) is 7.09. The van der Waals surface area contributed by atoms with E-state index in [4.69, 9.17) is 27.9 Å². The third kappa shape index (κ3) is 5.24. The van der Waals surface area contributed by atoms with Gasteiger partial charge in [-0.2, -0.15) is 5.10 Å². The van der Waals surface area contributed by atoms with Crippen molar-refractivity contribution in [2.24, 2.45) is 0 Å². The maximum absolute atomic E-state index is 11.6. The molecule has 112 valence electrons. The molecule has 1 heterocycles. The van der Waals surface area contributed by atoms with Crippen molar-refractivity contribution in [1.29, 1.82) is 0 Å². The van der Waals surface area contributed by atoms with Crippen LogP contribution in [-0.4, -0.2) is 34.2 Å². The lowest BCUT2D eigenvalue weighted by Gasteiger charge is -2.08. The molecule has 1 aromatic carbocycles. The molecule has 0 fully saturated rings. The van der Waals surface area contributed by atoms with Crippen molar-refractivity contribution in [3.63, 3.8) is 0 Å². The highest BCUT2D eigenvalue weighted by molar-refractivity contribution is 6.34. The number of aromatic nitrogens is 3. The monoisotopic (exact) mass is 328 g/mol. The summed E-state index contributed by atoms with van der Waals surface area (Å²) in [5, 5.41) is 10.2. The van der Waals surface area contributed by atoms with Crippen LogP contribution in [0.3, 0.4) is 0 Å². The quantitative estimate of drug-likeness (QED) is 0.764. The Balaban J connectivity index is 1.66. The van der Waals surface area contributed by atoms with Crippen molar-refractivity contribution in [3.05, 3.63) is 40.4 Å². The predicted molar refractivity (Wildman–Crippen MR) is 79.7 cm³/mol. The molecule has 0 atom stereocenters. The van der Waals surface area contributed by atoms with Crippen molar-refractivity contribution in [3.8, 4) is 5.75 Å². The topological polar surface area (TPSA) is 79.9 Å². The molecular formula is C13H14Cl2N4O2. The second-order valence-electron chi connectivity index (χ2n) is 4.25. The molecule has 0 saturated heterocycles. The standard InChI is InChI=1S/C13H14Cl2N4O2/c14-9-3-4-10(15)11(6-9)21-7-13(20)16-5-1-2-12-17-8-18-19-12/h3-4,6,8H,1-2,5,7H2,(H,16,20)(H,17,18,19). The number of ether oxygens (including phenoxy) is 1. The molecule has 0 spiro atoms. The van der Waals surface area contributed by atoms with E-state index in [9.17, 15) is 4.79 Å². The highest BCUT2D eigenvalue weighted by Gasteiger charge is 2.06. The number of rotatable bonds is 7. The summed E-state index contributed by atoms with van der Waals surface area (Å²) in [6.45, 7) is 0.425. The van der Waals surface area contributed by atoms with Gasteiger partial charge in [0.1, 0.15) is 17.9 Å². The molecule has 0 radical (unpaired) electrons. The molecule has 6 nitrogen and oxygen atoms in total. The zero-order valence-corrected chi connectivity index (χ0v) is 12.6. The second-order valence-corrected chi connectivity index (χ2v) is 5.09. The minimum atomic E-state index is -0.219. The average molecular weight is 329 g/mol. The van der Waals surface area contributed by atoms with Crippen molar-refractivity contribution >= 4 is 29.1 Å². The van der Waals surface area contributed by atoms with E-state index in [2.05, 4.69) is 20.5 Å². The molecule has 1 amide bonds. The first-order chi connectivity index (χ1) is 10.1. The van der Waals surface area contributed by atoms with Crippen LogP contribution < -0.4 is 10.1 Å². The summed E-state index contributed by atoms with van der Waals surface area (Å²) in [7, 11) is 0. The van der Waals surface area contributed by atoms with Gasteiger partial charge >= 0.3 is 0 Å². The molecule has 0 aliphatic rings. The van der Waals surface area contributed by atoms with Crippen LogP contribution in [-0.2, 0) is 11.2 Å². The number of nitrogens with zero attached hydrogens (tertiary/aromatic N) is 2. The van der Waals surface area contributed by atoms with Crippen molar-refractivity contribution in [2.75, 3.05) is 13.2 Å². The fourth-order valence-corrected chi connectivity index (χ4v) is 1.95. The molecule has 0 bridgehead atoms. The van der Waals surface area contributed by atoms with Gasteiger partial charge in [0.2, 0.25) is 0 Å². The zero-order valence-electron chi connectivity index (χ0n) is 11.1. The highest BCUT2D eigenvalue weighted by atomic mass is 35.5. The SMILES string of the molecule is O=C(COc1cc(Cl)ccc1Cl)NCCCc1ncn[nH]1. The van der Waals surface area contributed by atoms with Gasteiger partial charge in [-0.3, -0.25) is 9.89 Å². The van der Waals surface area contributed by atoms with Gasteiger partial charge in [0, 0.05) is 24.1 Å². The van der Waals surface area contributed by atoms with Crippen LogP contribution in [0.4, 0.5) is 0 Å². The van der Waals surface area contributed by atoms with E-state index in [0.29, 0.717) is 22.3 Å². The molecule has 2 rings (SSSR count). The van der Waals surface area contributed by atoms with Gasteiger partial charge in [0.05, 0.1) is 5.02 Å². The van der Waals surface area contributed by atoms with E-state index >= 15 is 0 Å². The molecule has 2 N–H and O–H groups in total. The van der Waals surface area contributed by atoms with Gasteiger partial charge in [0.25, 0.3) is 5.91 Å². The number of aryl methyl sites for hydroxylation is 1. The third-order valence-corrected chi connectivity index (χ3v) is 3.18. The Hall–Kier alpha value is -1.79. The maximum atomic E-state index is 11.6. The van der Waals surface area contributed by atoms with Gasteiger partial charge in [-0.05, 0) is 18.6 Å². The highest BCUT2D eigenvalue weighted by Crippen LogP contribution is 2.27. The smallest absolute Gasteiger partial charge is 0.257 e. The predicted octanol–water partition coefficient (Wildman–Crippen LogP) is 2.24. The number of hydrogen-bond acceptors (Lipinski definition) is 4. The number of hydrogen-bond donors (Lipinski definition) is 2. The van der Waals surface area contributed by atoms with E-state index in [1.165, 1.54) is 6.33 Å². The molecule has 0 aliphatic carbocycles. The molecule has 0 unspecified atom stereocenters. The lowest BCUT2D eigenvalue weighted by atomic mass is 10.3. The zero-order chi connectivity index (χ0) is 15.1. The van der Waals surface area contributed by atoms with Crippen LogP contribution in [0.15, 0.2) is 24.5 Å². The van der Waals surface area contributed by atoms with Crippen molar-refractivity contribution < 1.29 is 9.53 Å². The molecule has 1 aromatic heterocycles. The Labute approximate surface area is 131 Å². The Bertz CT molecular complexity index is 590. The lowest BCUT2D eigenvalue weighted by Crippen LogP contribution is -2.30. The third-order valence-electron chi connectivity index (χ3n) is 2.63. The van der Waals surface area contributed by atoms with E-state index in [1.807, 2.05) is 0 Å². The van der Waals surface area contributed by atoms with E-state index < -0.39 is 0 Å². The summed E-state index contributed by atoms with van der Waals surface area (Å²) in [5.41, 5.74) is 0. The summed E-state index contributed by atoms with van der Waals surface area (Å²) in [5.74, 6) is 0.968. The molecule has 0 aliphatic heterocycles. The minimum absolute atomic E-state index is 0.109. The number of aromatic amines is 1. The first kappa shape index (κ1) is 15.6. The summed E-state index contributed by atoms with van der Waals surface area (Å²) in [4.78, 5) is 15.6. The van der Waals surface area contributed by atoms with Crippen LogP contribution in [0.25, 0.3) is 0 Å². The number of nitrogens with one attached hydrogen (secondary N) is 2. The summed E-state index contributed by atoms with van der Waals surface area (Å²) < 4.78 is 5.33. The van der Waals surface area contributed by atoms with Crippen molar-refractivity contribution in [1.82, 2.24) is 20.5 Å². The maximum Gasteiger partial charge on any atom is 0.257 e. The number of halogens is 2. The summed E-state index contributed by atoms with van der Waals surface area (Å²) in [6, 6.07) is 4.84. The van der Waals surface area contributed by atoms with Crippen LogP contribution in [0.5, 0.6) is 5.75 Å². The minimum Gasteiger partial charge on any atom is -0.482 e. The van der Waals surface area contributed by atoms with Gasteiger partial charge in [-0.25, -0.2) is 4.98 Å². The molecule has 8 heteroatoms. The summed E-state index contributed by atoms with van der Waals surface area (Å²) in [6.07, 6.45) is 2.94. The first-order valence-electron chi connectivity index (χ1n) is 6.34. The summed E-state index contributed by atoms with van der Waals surface area (Å²) >= 11 is 11.8. The molecular weight excluding hydrogens is 315 g/mol. The van der Waals surface area contributed by atoms with Crippen LogP contribution in [0, 0.1) is 0 Å². The molecule has 2 aromatic rings. The van der Waals surface area contributed by atoms with Crippen LogP contribution >= 0.6 is 23.2 Å². The van der Waals surface area contributed by atoms with Gasteiger partial charge in [-0.1, -0.05) is 23.2 Å². The molecule has 21 heavy (non-hydrogen) atoms.